The van der Waals surface area contributed by atoms with E-state index in [1.54, 1.807) is 34.1 Å². The number of hydrogen-bond donors (Lipinski definition) is 2. The lowest BCUT2D eigenvalue weighted by Crippen LogP contribution is -2.45. The van der Waals surface area contributed by atoms with E-state index in [2.05, 4.69) is 5.32 Å². The van der Waals surface area contributed by atoms with Crippen LogP contribution in [0, 0.1) is 0 Å². The molecule has 2 amide bonds. The fraction of sp³-hybridized carbons (Fsp3) is 0.529. The molecule has 1 aromatic rings. The van der Waals surface area contributed by atoms with Gasteiger partial charge < -0.3 is 20.2 Å². The van der Waals surface area contributed by atoms with Gasteiger partial charge in [0.1, 0.15) is 0 Å². The van der Waals surface area contributed by atoms with Crippen LogP contribution in [-0.2, 0) is 4.79 Å². The van der Waals surface area contributed by atoms with Gasteiger partial charge in [0, 0.05) is 43.3 Å². The lowest BCUT2D eigenvalue weighted by molar-refractivity contribution is -0.133. The summed E-state index contributed by atoms with van der Waals surface area (Å²) in [6, 6.07) is 6.62. The second-order valence-corrected chi connectivity index (χ2v) is 6.77. The Balaban J connectivity index is 1.60. The minimum absolute atomic E-state index is 0.0172. The molecule has 0 bridgehead atoms. The average Bonchev–Trinajstić information content (AvgIpc) is 2.86. The molecule has 6 nitrogen and oxygen atoms in total. The SMILES string of the molecule is O=C(c1cccc(Cl)c1)N1CCCN(C(=O)C2CC(O)CN2)CC1. The second kappa shape index (κ2) is 7.51. The predicted molar refractivity (Wildman–Crippen MR) is 91.0 cm³/mol. The molecule has 2 fully saturated rings. The van der Waals surface area contributed by atoms with E-state index in [0.717, 1.165) is 6.42 Å². The van der Waals surface area contributed by atoms with Crippen molar-refractivity contribution in [2.75, 3.05) is 32.7 Å². The number of aliphatic hydroxyl groups excluding tert-OH is 1. The van der Waals surface area contributed by atoms with Crippen LogP contribution in [0.5, 0.6) is 0 Å². The number of hydrogen-bond acceptors (Lipinski definition) is 4. The number of rotatable bonds is 2. The molecule has 0 aliphatic carbocycles. The molecule has 1 aromatic carbocycles. The summed E-state index contributed by atoms with van der Waals surface area (Å²) in [6.45, 7) is 2.73. The van der Waals surface area contributed by atoms with Crippen LogP contribution in [0.25, 0.3) is 0 Å². The molecule has 7 heteroatoms. The van der Waals surface area contributed by atoms with Gasteiger partial charge in [-0.15, -0.1) is 0 Å². The number of aliphatic hydroxyl groups is 1. The third-order valence-corrected chi connectivity index (χ3v) is 4.81. The molecule has 130 valence electrons. The summed E-state index contributed by atoms with van der Waals surface area (Å²) in [7, 11) is 0. The summed E-state index contributed by atoms with van der Waals surface area (Å²) in [4.78, 5) is 28.7. The number of carbonyl (C=O) groups is 2. The number of carbonyl (C=O) groups excluding carboxylic acids is 2. The first-order valence-corrected chi connectivity index (χ1v) is 8.67. The number of nitrogens with zero attached hydrogens (tertiary/aromatic N) is 2. The largest absolute Gasteiger partial charge is 0.392 e. The van der Waals surface area contributed by atoms with Gasteiger partial charge in [-0.3, -0.25) is 9.59 Å². The van der Waals surface area contributed by atoms with Gasteiger partial charge in [0.15, 0.2) is 0 Å². The van der Waals surface area contributed by atoms with Crippen molar-refractivity contribution in [1.82, 2.24) is 15.1 Å². The van der Waals surface area contributed by atoms with E-state index in [0.29, 0.717) is 49.7 Å². The highest BCUT2D eigenvalue weighted by Crippen LogP contribution is 2.16. The van der Waals surface area contributed by atoms with Gasteiger partial charge in [-0.25, -0.2) is 0 Å². The molecular weight excluding hydrogens is 330 g/mol. The van der Waals surface area contributed by atoms with Crippen molar-refractivity contribution in [2.24, 2.45) is 0 Å². The van der Waals surface area contributed by atoms with Crippen LogP contribution in [-0.4, -0.2) is 71.6 Å². The summed E-state index contributed by atoms with van der Waals surface area (Å²) in [5.74, 6) is -0.0372. The van der Waals surface area contributed by atoms with Crippen LogP contribution < -0.4 is 5.32 Å². The van der Waals surface area contributed by atoms with E-state index in [4.69, 9.17) is 11.6 Å². The van der Waals surface area contributed by atoms with E-state index in [1.807, 2.05) is 0 Å². The van der Waals surface area contributed by atoms with Gasteiger partial charge in [-0.05, 0) is 31.0 Å². The zero-order chi connectivity index (χ0) is 17.1. The molecule has 2 atom stereocenters. The van der Waals surface area contributed by atoms with Crippen molar-refractivity contribution in [3.63, 3.8) is 0 Å². The molecule has 0 radical (unpaired) electrons. The maximum atomic E-state index is 12.6. The van der Waals surface area contributed by atoms with Crippen LogP contribution >= 0.6 is 11.6 Å². The minimum Gasteiger partial charge on any atom is -0.392 e. The molecule has 0 saturated carbocycles. The predicted octanol–water partition coefficient (Wildman–Crippen LogP) is 0.737. The molecule has 2 aliphatic heterocycles. The number of amides is 2. The standard InChI is InChI=1S/C17H22ClN3O3/c18-13-4-1-3-12(9-13)16(23)20-5-2-6-21(8-7-20)17(24)15-10-14(22)11-19-15/h1,3-4,9,14-15,19,22H,2,5-8,10-11H2. The zero-order valence-electron chi connectivity index (χ0n) is 13.4. The van der Waals surface area contributed by atoms with Crippen LogP contribution in [0.2, 0.25) is 5.02 Å². The Kier molecular flexibility index (Phi) is 5.38. The number of nitrogens with one attached hydrogen (secondary N) is 1. The molecule has 2 unspecified atom stereocenters. The van der Waals surface area contributed by atoms with Crippen molar-refractivity contribution in [3.05, 3.63) is 34.9 Å². The monoisotopic (exact) mass is 351 g/mol. The lowest BCUT2D eigenvalue weighted by atomic mass is 10.2. The van der Waals surface area contributed by atoms with Crippen LogP contribution in [0.4, 0.5) is 0 Å². The van der Waals surface area contributed by atoms with Crippen LogP contribution in [0.1, 0.15) is 23.2 Å². The maximum Gasteiger partial charge on any atom is 0.253 e. The first kappa shape index (κ1) is 17.2. The molecule has 0 aromatic heterocycles. The number of halogens is 1. The van der Waals surface area contributed by atoms with Gasteiger partial charge in [-0.2, -0.15) is 0 Å². The van der Waals surface area contributed by atoms with Gasteiger partial charge >= 0.3 is 0 Å². The molecule has 24 heavy (non-hydrogen) atoms. The summed E-state index contributed by atoms with van der Waals surface area (Å²) in [6.07, 6.45) is 0.750. The fourth-order valence-corrected chi connectivity index (χ4v) is 3.46. The first-order chi connectivity index (χ1) is 11.5. The lowest BCUT2D eigenvalue weighted by Gasteiger charge is -2.24. The Morgan fingerprint density at radius 1 is 1.17 bits per heavy atom. The smallest absolute Gasteiger partial charge is 0.253 e. The maximum absolute atomic E-state index is 12.6. The molecule has 2 heterocycles. The Bertz CT molecular complexity index is 625. The zero-order valence-corrected chi connectivity index (χ0v) is 14.2. The second-order valence-electron chi connectivity index (χ2n) is 6.33. The molecule has 3 rings (SSSR count). The Labute approximate surface area is 146 Å². The van der Waals surface area contributed by atoms with E-state index in [-0.39, 0.29) is 17.9 Å². The number of β-amino-alcohol motifs (C(OH)–C–C–N with tert-alkyl or cyclic N) is 1. The van der Waals surface area contributed by atoms with E-state index in [1.165, 1.54) is 0 Å². The quantitative estimate of drug-likeness (QED) is 0.824. The summed E-state index contributed by atoms with van der Waals surface area (Å²) >= 11 is 5.96. The Morgan fingerprint density at radius 3 is 2.62 bits per heavy atom. The van der Waals surface area contributed by atoms with Gasteiger partial charge in [0.05, 0.1) is 12.1 Å². The van der Waals surface area contributed by atoms with Crippen molar-refractivity contribution in [2.45, 2.75) is 25.0 Å². The third-order valence-electron chi connectivity index (χ3n) is 4.57. The number of benzene rings is 1. The topological polar surface area (TPSA) is 72.9 Å². The van der Waals surface area contributed by atoms with Crippen molar-refractivity contribution in [1.29, 1.82) is 0 Å². The normalized spacial score (nSPS) is 24.8. The van der Waals surface area contributed by atoms with Gasteiger partial charge in [0.2, 0.25) is 5.91 Å². The molecule has 2 N–H and O–H groups in total. The first-order valence-electron chi connectivity index (χ1n) is 8.29. The van der Waals surface area contributed by atoms with E-state index in [9.17, 15) is 14.7 Å². The molecule has 0 spiro atoms. The van der Waals surface area contributed by atoms with E-state index < -0.39 is 6.10 Å². The average molecular weight is 352 g/mol. The summed E-state index contributed by atoms with van der Waals surface area (Å²) in [5, 5.41) is 13.2. The van der Waals surface area contributed by atoms with E-state index >= 15 is 0 Å². The third kappa shape index (κ3) is 3.88. The van der Waals surface area contributed by atoms with Crippen molar-refractivity contribution in [3.8, 4) is 0 Å². The minimum atomic E-state index is -0.452. The van der Waals surface area contributed by atoms with Crippen molar-refractivity contribution >= 4 is 23.4 Å². The fourth-order valence-electron chi connectivity index (χ4n) is 3.27. The highest BCUT2D eigenvalue weighted by Gasteiger charge is 2.32. The van der Waals surface area contributed by atoms with Crippen molar-refractivity contribution < 1.29 is 14.7 Å². The highest BCUT2D eigenvalue weighted by molar-refractivity contribution is 6.30. The molecular formula is C17H22ClN3O3. The molecule has 2 saturated heterocycles. The van der Waals surface area contributed by atoms with Gasteiger partial charge in [-0.1, -0.05) is 17.7 Å². The Morgan fingerprint density at radius 2 is 1.92 bits per heavy atom. The summed E-state index contributed by atoms with van der Waals surface area (Å²) < 4.78 is 0. The summed E-state index contributed by atoms with van der Waals surface area (Å²) in [5.41, 5.74) is 0.572. The van der Waals surface area contributed by atoms with Gasteiger partial charge in [0.25, 0.3) is 5.91 Å². The van der Waals surface area contributed by atoms with Crippen LogP contribution in [0.15, 0.2) is 24.3 Å². The highest BCUT2D eigenvalue weighted by atomic mass is 35.5. The molecule has 2 aliphatic rings. The van der Waals surface area contributed by atoms with Crippen LogP contribution in [0.3, 0.4) is 0 Å². The Hall–Kier alpha value is -1.63.